The number of hydrogen-bond donors (Lipinski definition) is 2. The summed E-state index contributed by atoms with van der Waals surface area (Å²) in [4.78, 5) is 21.4. The first-order valence-corrected chi connectivity index (χ1v) is 3.83. The van der Waals surface area contributed by atoms with Gasteiger partial charge in [-0.2, -0.15) is 0 Å². The maximum absolute atomic E-state index is 11.1. The van der Waals surface area contributed by atoms with E-state index in [1.807, 2.05) is 12.2 Å². The molecule has 5 nitrogen and oxygen atoms in total. The topological polar surface area (TPSA) is 85.3 Å². The summed E-state index contributed by atoms with van der Waals surface area (Å²) < 4.78 is 5.08. The molecule has 0 bridgehead atoms. The number of amides is 3. The number of furan rings is 1. The Kier molecular flexibility index (Phi) is 2.69. The molecule has 0 unspecified atom stereocenters. The molecular weight excluding hydrogens is 172 g/mol. The second kappa shape index (κ2) is 3.75. The van der Waals surface area contributed by atoms with Crippen molar-refractivity contribution in [3.05, 3.63) is 23.7 Å². The first kappa shape index (κ1) is 9.31. The Hall–Kier alpha value is -1.78. The Balaban J connectivity index is 2.71. The molecule has 5 heteroatoms. The van der Waals surface area contributed by atoms with Gasteiger partial charge in [-0.3, -0.25) is 10.1 Å². The van der Waals surface area contributed by atoms with Crippen LogP contribution in [0.2, 0.25) is 0 Å². The molecule has 0 aliphatic carbocycles. The number of carbonyl (C=O) groups is 2. The molecule has 3 N–H and O–H groups in total. The minimum Gasteiger partial charge on any atom is -0.456 e. The lowest BCUT2D eigenvalue weighted by molar-refractivity contribution is 0.0937. The fraction of sp³-hybridized carbons (Fsp3) is 0.250. The quantitative estimate of drug-likeness (QED) is 0.704. The zero-order valence-electron chi connectivity index (χ0n) is 7.16. The highest BCUT2D eigenvalue weighted by molar-refractivity contribution is 6.02. The van der Waals surface area contributed by atoms with Gasteiger partial charge >= 0.3 is 6.03 Å². The Morgan fingerprint density at radius 2 is 2.23 bits per heavy atom. The molecule has 1 aromatic rings. The van der Waals surface area contributed by atoms with Gasteiger partial charge in [0.05, 0.1) is 0 Å². The van der Waals surface area contributed by atoms with Crippen molar-refractivity contribution in [2.24, 2.45) is 5.73 Å². The zero-order chi connectivity index (χ0) is 9.84. The van der Waals surface area contributed by atoms with Crippen molar-refractivity contribution in [3.8, 4) is 0 Å². The molecule has 0 aliphatic heterocycles. The van der Waals surface area contributed by atoms with E-state index in [-0.39, 0.29) is 5.76 Å². The SMILES string of the molecule is CCc1ccc(C(=O)NC(N)=O)o1. The number of nitrogens with one attached hydrogen (secondary N) is 1. The Bertz CT molecular complexity index is 330. The molecule has 13 heavy (non-hydrogen) atoms. The highest BCUT2D eigenvalue weighted by Gasteiger charge is 2.11. The molecular formula is C8H10N2O3. The van der Waals surface area contributed by atoms with Crippen molar-refractivity contribution >= 4 is 11.9 Å². The smallest absolute Gasteiger partial charge is 0.319 e. The van der Waals surface area contributed by atoms with Crippen molar-refractivity contribution in [1.82, 2.24) is 5.32 Å². The summed E-state index contributed by atoms with van der Waals surface area (Å²) in [6, 6.07) is 2.28. The average molecular weight is 182 g/mol. The van der Waals surface area contributed by atoms with Crippen LogP contribution in [-0.2, 0) is 6.42 Å². The highest BCUT2D eigenvalue weighted by atomic mass is 16.4. The van der Waals surface area contributed by atoms with E-state index in [0.717, 1.165) is 0 Å². The predicted molar refractivity (Wildman–Crippen MR) is 45.1 cm³/mol. The Morgan fingerprint density at radius 3 is 2.69 bits per heavy atom. The van der Waals surface area contributed by atoms with Crippen LogP contribution in [0.3, 0.4) is 0 Å². The monoisotopic (exact) mass is 182 g/mol. The molecule has 0 saturated heterocycles. The average Bonchev–Trinajstić information content (AvgIpc) is 2.50. The van der Waals surface area contributed by atoms with Crippen LogP contribution in [0.1, 0.15) is 23.2 Å². The van der Waals surface area contributed by atoms with Crippen molar-refractivity contribution < 1.29 is 14.0 Å². The van der Waals surface area contributed by atoms with Crippen molar-refractivity contribution in [3.63, 3.8) is 0 Å². The van der Waals surface area contributed by atoms with Crippen LogP contribution in [0, 0.1) is 0 Å². The minimum absolute atomic E-state index is 0.0932. The largest absolute Gasteiger partial charge is 0.456 e. The molecule has 0 saturated carbocycles. The third-order valence-electron chi connectivity index (χ3n) is 1.47. The van der Waals surface area contributed by atoms with E-state index in [1.54, 1.807) is 6.07 Å². The molecule has 3 amide bonds. The predicted octanol–water partition coefficient (Wildman–Crippen LogP) is 0.651. The molecule has 0 fully saturated rings. The number of hydrogen-bond acceptors (Lipinski definition) is 3. The van der Waals surface area contributed by atoms with Gasteiger partial charge in [0.25, 0.3) is 5.91 Å². The summed E-state index contributed by atoms with van der Waals surface area (Å²) in [5, 5.41) is 1.90. The fourth-order valence-electron chi connectivity index (χ4n) is 0.863. The van der Waals surface area contributed by atoms with E-state index in [1.165, 1.54) is 6.07 Å². The molecule has 0 aliphatic rings. The maximum atomic E-state index is 11.1. The van der Waals surface area contributed by atoms with Gasteiger partial charge in [-0.1, -0.05) is 6.92 Å². The first-order valence-electron chi connectivity index (χ1n) is 3.83. The van der Waals surface area contributed by atoms with Crippen LogP contribution >= 0.6 is 0 Å². The minimum atomic E-state index is -0.889. The van der Waals surface area contributed by atoms with Gasteiger partial charge in [0.1, 0.15) is 5.76 Å². The molecule has 0 radical (unpaired) electrons. The number of imide groups is 1. The van der Waals surface area contributed by atoms with E-state index >= 15 is 0 Å². The standard InChI is InChI=1S/C8H10N2O3/c1-2-5-3-4-6(13-5)7(11)10-8(9)12/h3-4H,2H2,1H3,(H3,9,10,11,12). The second-order valence-corrected chi connectivity index (χ2v) is 2.44. The highest BCUT2D eigenvalue weighted by Crippen LogP contribution is 2.07. The number of nitrogens with two attached hydrogens (primary N) is 1. The van der Waals surface area contributed by atoms with Crippen LogP contribution < -0.4 is 11.1 Å². The molecule has 1 rings (SSSR count). The number of primary amides is 1. The van der Waals surface area contributed by atoms with E-state index in [9.17, 15) is 9.59 Å². The molecule has 0 spiro atoms. The lowest BCUT2D eigenvalue weighted by Crippen LogP contribution is -2.34. The van der Waals surface area contributed by atoms with Gasteiger partial charge in [0, 0.05) is 6.42 Å². The van der Waals surface area contributed by atoms with E-state index in [2.05, 4.69) is 0 Å². The molecule has 1 heterocycles. The summed E-state index contributed by atoms with van der Waals surface area (Å²) in [5.41, 5.74) is 4.76. The van der Waals surface area contributed by atoms with Crippen LogP contribution in [0.4, 0.5) is 4.79 Å². The zero-order valence-corrected chi connectivity index (χ0v) is 7.16. The van der Waals surface area contributed by atoms with E-state index in [4.69, 9.17) is 10.2 Å². The molecule has 70 valence electrons. The summed E-state index contributed by atoms with van der Waals surface area (Å²) in [6.07, 6.45) is 0.698. The first-order chi connectivity index (χ1) is 6.13. The van der Waals surface area contributed by atoms with Gasteiger partial charge < -0.3 is 10.2 Å². The summed E-state index contributed by atoms with van der Waals surface area (Å²) in [6.45, 7) is 1.90. The van der Waals surface area contributed by atoms with Crippen LogP contribution in [0.15, 0.2) is 16.5 Å². The van der Waals surface area contributed by atoms with E-state index < -0.39 is 11.9 Å². The van der Waals surface area contributed by atoms with Gasteiger partial charge in [-0.25, -0.2) is 4.79 Å². The van der Waals surface area contributed by atoms with E-state index in [0.29, 0.717) is 12.2 Å². The lowest BCUT2D eigenvalue weighted by Gasteiger charge is -1.95. The summed E-state index contributed by atoms with van der Waals surface area (Å²) in [7, 11) is 0. The van der Waals surface area contributed by atoms with Gasteiger partial charge in [0.2, 0.25) is 0 Å². The van der Waals surface area contributed by atoms with Crippen molar-refractivity contribution in [1.29, 1.82) is 0 Å². The van der Waals surface area contributed by atoms with Gasteiger partial charge in [0.15, 0.2) is 5.76 Å². The summed E-state index contributed by atoms with van der Waals surface area (Å²) in [5.74, 6) is 0.164. The summed E-state index contributed by atoms with van der Waals surface area (Å²) >= 11 is 0. The van der Waals surface area contributed by atoms with Crippen molar-refractivity contribution in [2.75, 3.05) is 0 Å². The van der Waals surface area contributed by atoms with Crippen LogP contribution in [0.25, 0.3) is 0 Å². The second-order valence-electron chi connectivity index (χ2n) is 2.44. The Morgan fingerprint density at radius 1 is 1.54 bits per heavy atom. The van der Waals surface area contributed by atoms with Crippen molar-refractivity contribution in [2.45, 2.75) is 13.3 Å². The Labute approximate surface area is 74.9 Å². The molecule has 0 aromatic carbocycles. The fourth-order valence-corrected chi connectivity index (χ4v) is 0.863. The third-order valence-corrected chi connectivity index (χ3v) is 1.47. The van der Waals surface area contributed by atoms with Gasteiger partial charge in [-0.15, -0.1) is 0 Å². The number of aryl methyl sites for hydroxylation is 1. The molecule has 0 atom stereocenters. The normalized spacial score (nSPS) is 9.62. The third kappa shape index (κ3) is 2.33. The van der Waals surface area contributed by atoms with Crippen LogP contribution in [0.5, 0.6) is 0 Å². The lowest BCUT2D eigenvalue weighted by atomic mass is 10.3. The number of carbonyl (C=O) groups excluding carboxylic acids is 2. The molecule has 1 aromatic heterocycles. The van der Waals surface area contributed by atoms with Crippen LogP contribution in [-0.4, -0.2) is 11.9 Å². The maximum Gasteiger partial charge on any atom is 0.319 e. The number of rotatable bonds is 2. The number of urea groups is 1. The van der Waals surface area contributed by atoms with Gasteiger partial charge in [-0.05, 0) is 12.1 Å².